The van der Waals surface area contributed by atoms with E-state index in [0.29, 0.717) is 16.7 Å². The highest BCUT2D eigenvalue weighted by atomic mass is 19.1. The normalized spacial score (nSPS) is 12.6. The Hall–Kier alpha value is -1.79. The zero-order valence-corrected chi connectivity index (χ0v) is 9.93. The van der Waals surface area contributed by atoms with Crippen LogP contribution >= 0.6 is 0 Å². The van der Waals surface area contributed by atoms with Gasteiger partial charge < -0.3 is 15.2 Å². The Labute approximate surface area is 104 Å². The van der Waals surface area contributed by atoms with Gasteiger partial charge >= 0.3 is 0 Å². The van der Waals surface area contributed by atoms with E-state index in [9.17, 15) is 9.50 Å². The molecule has 0 spiro atoms. The van der Waals surface area contributed by atoms with Crippen molar-refractivity contribution in [3.63, 3.8) is 0 Å². The Kier molecular flexibility index (Phi) is 4.01. The van der Waals surface area contributed by atoms with E-state index in [0.717, 1.165) is 0 Å². The van der Waals surface area contributed by atoms with Crippen LogP contribution in [0.1, 0.15) is 0 Å². The molecule has 0 bridgehead atoms. The van der Waals surface area contributed by atoms with Crippen molar-refractivity contribution < 1.29 is 14.2 Å². The van der Waals surface area contributed by atoms with E-state index >= 15 is 0 Å². The highest BCUT2D eigenvalue weighted by molar-refractivity contribution is 5.88. The zero-order chi connectivity index (χ0) is 13.0. The van der Waals surface area contributed by atoms with Gasteiger partial charge in [0.15, 0.2) is 0 Å². The minimum Gasteiger partial charge on any atom is -0.389 e. The first-order chi connectivity index (χ1) is 8.70. The van der Waals surface area contributed by atoms with Crippen molar-refractivity contribution in [2.24, 2.45) is 0 Å². The van der Waals surface area contributed by atoms with E-state index in [1.807, 2.05) is 0 Å². The average molecular weight is 251 g/mol. The van der Waals surface area contributed by atoms with Gasteiger partial charge in [-0.05, 0) is 18.2 Å². The Balaban J connectivity index is 2.19. The van der Waals surface area contributed by atoms with Crippen LogP contribution in [-0.2, 0) is 4.74 Å². The lowest BCUT2D eigenvalue weighted by Crippen LogP contribution is -2.24. The minimum absolute atomic E-state index is 0.227. The summed E-state index contributed by atoms with van der Waals surface area (Å²) in [4.78, 5) is 8.08. The Morgan fingerprint density at radius 1 is 1.44 bits per heavy atom. The second-order valence-electron chi connectivity index (χ2n) is 3.87. The maximum atomic E-state index is 13.2. The Bertz CT molecular complexity index is 536. The van der Waals surface area contributed by atoms with E-state index in [1.165, 1.54) is 25.6 Å². The van der Waals surface area contributed by atoms with E-state index in [1.54, 1.807) is 6.07 Å². The quantitative estimate of drug-likeness (QED) is 0.835. The second-order valence-corrected chi connectivity index (χ2v) is 3.87. The van der Waals surface area contributed by atoms with Crippen molar-refractivity contribution in [2.45, 2.75) is 6.10 Å². The number of anilines is 1. The molecule has 0 unspecified atom stereocenters. The molecule has 1 aromatic carbocycles. The van der Waals surface area contributed by atoms with Crippen LogP contribution in [0.2, 0.25) is 0 Å². The van der Waals surface area contributed by atoms with E-state index in [2.05, 4.69) is 15.3 Å². The second kappa shape index (κ2) is 5.70. The number of ether oxygens (including phenoxy) is 1. The lowest BCUT2D eigenvalue weighted by atomic mass is 10.2. The molecule has 2 N–H and O–H groups in total. The van der Waals surface area contributed by atoms with Gasteiger partial charge in [0.1, 0.15) is 18.0 Å². The zero-order valence-electron chi connectivity index (χ0n) is 9.93. The number of aliphatic hydroxyl groups excluding tert-OH is 1. The van der Waals surface area contributed by atoms with E-state index in [4.69, 9.17) is 4.74 Å². The maximum Gasteiger partial charge on any atom is 0.137 e. The summed E-state index contributed by atoms with van der Waals surface area (Å²) in [6.07, 6.45) is 0.749. The van der Waals surface area contributed by atoms with Crippen LogP contribution < -0.4 is 5.32 Å². The summed E-state index contributed by atoms with van der Waals surface area (Å²) in [6.45, 7) is 0.501. The molecular weight excluding hydrogens is 237 g/mol. The number of nitrogens with one attached hydrogen (secondary N) is 1. The van der Waals surface area contributed by atoms with Crippen LogP contribution in [0.3, 0.4) is 0 Å². The number of benzene rings is 1. The standard InChI is InChI=1S/C12H14FN3O2/c1-18-6-9(17)5-14-12-10-4-8(13)2-3-11(10)15-7-16-12/h2-4,7,9,17H,5-6H2,1H3,(H,14,15,16)/t9-/m1/s1. The summed E-state index contributed by atoms with van der Waals surface area (Å²) in [6, 6.07) is 4.29. The van der Waals surface area contributed by atoms with Gasteiger partial charge in [0.25, 0.3) is 0 Å². The molecule has 1 heterocycles. The predicted molar refractivity (Wildman–Crippen MR) is 65.9 cm³/mol. The van der Waals surface area contributed by atoms with Gasteiger partial charge in [0, 0.05) is 19.0 Å². The van der Waals surface area contributed by atoms with Gasteiger partial charge in [0.2, 0.25) is 0 Å². The SMILES string of the molecule is COC[C@H](O)CNc1ncnc2ccc(F)cc12. The van der Waals surface area contributed by atoms with Crippen LogP contribution in [-0.4, -0.2) is 41.4 Å². The molecule has 0 saturated heterocycles. The molecule has 5 nitrogen and oxygen atoms in total. The van der Waals surface area contributed by atoms with Gasteiger partial charge in [-0.3, -0.25) is 0 Å². The monoisotopic (exact) mass is 251 g/mol. The summed E-state index contributed by atoms with van der Waals surface area (Å²) in [5.41, 5.74) is 0.648. The largest absolute Gasteiger partial charge is 0.389 e. The molecule has 2 rings (SSSR count). The van der Waals surface area contributed by atoms with E-state index < -0.39 is 6.10 Å². The minimum atomic E-state index is -0.645. The number of halogens is 1. The predicted octanol–water partition coefficient (Wildman–Crippen LogP) is 1.19. The number of methoxy groups -OCH3 is 1. The van der Waals surface area contributed by atoms with Crippen molar-refractivity contribution in [1.82, 2.24) is 9.97 Å². The Morgan fingerprint density at radius 3 is 3.06 bits per heavy atom. The molecule has 18 heavy (non-hydrogen) atoms. The van der Waals surface area contributed by atoms with Crippen molar-refractivity contribution >= 4 is 16.7 Å². The van der Waals surface area contributed by atoms with Crippen molar-refractivity contribution in [3.8, 4) is 0 Å². The molecule has 6 heteroatoms. The Morgan fingerprint density at radius 2 is 2.28 bits per heavy atom. The summed E-state index contributed by atoms with van der Waals surface area (Å²) < 4.78 is 18.0. The number of aliphatic hydroxyl groups is 1. The first-order valence-corrected chi connectivity index (χ1v) is 5.52. The summed E-state index contributed by atoms with van der Waals surface area (Å²) >= 11 is 0. The number of nitrogens with zero attached hydrogens (tertiary/aromatic N) is 2. The summed E-state index contributed by atoms with van der Waals surface area (Å²) in [5.74, 6) is 0.146. The van der Waals surface area contributed by atoms with Gasteiger partial charge in [-0.15, -0.1) is 0 Å². The molecule has 2 aromatic rings. The van der Waals surface area contributed by atoms with Gasteiger partial charge in [-0.1, -0.05) is 0 Å². The number of fused-ring (bicyclic) bond motifs is 1. The van der Waals surface area contributed by atoms with E-state index in [-0.39, 0.29) is 19.0 Å². The molecule has 1 atom stereocenters. The average Bonchev–Trinajstić information content (AvgIpc) is 2.36. The third-order valence-electron chi connectivity index (χ3n) is 2.46. The number of hydrogen-bond acceptors (Lipinski definition) is 5. The smallest absolute Gasteiger partial charge is 0.137 e. The molecule has 0 fully saturated rings. The fraction of sp³-hybridized carbons (Fsp3) is 0.333. The fourth-order valence-electron chi connectivity index (χ4n) is 1.64. The molecule has 96 valence electrons. The molecule has 0 radical (unpaired) electrons. The highest BCUT2D eigenvalue weighted by Gasteiger charge is 2.07. The lowest BCUT2D eigenvalue weighted by molar-refractivity contribution is 0.0727. The first kappa shape index (κ1) is 12.7. The van der Waals surface area contributed by atoms with Crippen LogP contribution in [0.15, 0.2) is 24.5 Å². The molecular formula is C12H14FN3O2. The van der Waals surface area contributed by atoms with Crippen molar-refractivity contribution in [3.05, 3.63) is 30.3 Å². The fourth-order valence-corrected chi connectivity index (χ4v) is 1.64. The number of aromatic nitrogens is 2. The summed E-state index contributed by atoms with van der Waals surface area (Å²) in [5, 5.41) is 13.1. The van der Waals surface area contributed by atoms with Gasteiger partial charge in [-0.25, -0.2) is 14.4 Å². The number of hydrogen-bond donors (Lipinski definition) is 2. The van der Waals surface area contributed by atoms with Gasteiger partial charge in [-0.2, -0.15) is 0 Å². The molecule has 0 saturated carbocycles. The van der Waals surface area contributed by atoms with Gasteiger partial charge in [0.05, 0.1) is 18.2 Å². The third kappa shape index (κ3) is 2.91. The highest BCUT2D eigenvalue weighted by Crippen LogP contribution is 2.19. The molecule has 1 aromatic heterocycles. The van der Waals surface area contributed by atoms with Crippen molar-refractivity contribution in [1.29, 1.82) is 0 Å². The molecule has 0 amide bonds. The van der Waals surface area contributed by atoms with Crippen LogP contribution in [0.5, 0.6) is 0 Å². The first-order valence-electron chi connectivity index (χ1n) is 5.52. The van der Waals surface area contributed by atoms with Crippen molar-refractivity contribution in [2.75, 3.05) is 25.6 Å². The topological polar surface area (TPSA) is 67.3 Å². The lowest BCUT2D eigenvalue weighted by Gasteiger charge is -2.12. The molecule has 0 aliphatic rings. The molecule has 0 aliphatic carbocycles. The van der Waals surface area contributed by atoms with Crippen LogP contribution in [0.4, 0.5) is 10.2 Å². The maximum absolute atomic E-state index is 13.2. The number of rotatable bonds is 5. The summed E-state index contributed by atoms with van der Waals surface area (Å²) in [7, 11) is 1.51. The molecule has 0 aliphatic heterocycles. The van der Waals surface area contributed by atoms with Crippen LogP contribution in [0, 0.1) is 5.82 Å². The third-order valence-corrected chi connectivity index (χ3v) is 2.46. The van der Waals surface area contributed by atoms with Crippen LogP contribution in [0.25, 0.3) is 10.9 Å².